The summed E-state index contributed by atoms with van der Waals surface area (Å²) in [5, 5.41) is 3.35. The van der Waals surface area contributed by atoms with Crippen LogP contribution in [0.5, 0.6) is 0 Å². The number of alkyl halides is 3. The Kier molecular flexibility index (Phi) is 4.41. The van der Waals surface area contributed by atoms with E-state index in [2.05, 4.69) is 15.2 Å². The van der Waals surface area contributed by atoms with E-state index in [0.29, 0.717) is 6.54 Å². The van der Waals surface area contributed by atoms with Gasteiger partial charge in [0.1, 0.15) is 5.82 Å². The van der Waals surface area contributed by atoms with E-state index in [4.69, 9.17) is 0 Å². The Bertz CT molecular complexity index is 648. The predicted molar refractivity (Wildman–Crippen MR) is 80.7 cm³/mol. The van der Waals surface area contributed by atoms with Gasteiger partial charge in [-0.1, -0.05) is 12.1 Å². The van der Waals surface area contributed by atoms with Crippen LogP contribution in [0.15, 0.2) is 36.7 Å². The highest BCUT2D eigenvalue weighted by Gasteiger charge is 2.30. The highest BCUT2D eigenvalue weighted by atomic mass is 19.4. The first-order valence-electron chi connectivity index (χ1n) is 7.53. The first-order valence-corrected chi connectivity index (χ1v) is 7.53. The van der Waals surface area contributed by atoms with Crippen LogP contribution in [0.3, 0.4) is 0 Å². The Morgan fingerprint density at radius 1 is 1.26 bits per heavy atom. The van der Waals surface area contributed by atoms with E-state index in [1.807, 2.05) is 17.8 Å². The maximum Gasteiger partial charge on any atom is 0.416 e. The molecule has 0 radical (unpaired) electrons. The van der Waals surface area contributed by atoms with Crippen molar-refractivity contribution in [1.82, 2.24) is 19.8 Å². The lowest BCUT2D eigenvalue weighted by atomic mass is 10.1. The molecule has 4 nitrogen and oxygen atoms in total. The van der Waals surface area contributed by atoms with Crippen molar-refractivity contribution in [1.29, 1.82) is 0 Å². The van der Waals surface area contributed by atoms with Gasteiger partial charge >= 0.3 is 6.18 Å². The van der Waals surface area contributed by atoms with Crippen LogP contribution in [0.4, 0.5) is 13.2 Å². The van der Waals surface area contributed by atoms with Crippen LogP contribution >= 0.6 is 0 Å². The molecule has 1 aromatic carbocycles. The molecule has 1 N–H and O–H groups in total. The van der Waals surface area contributed by atoms with Crippen LogP contribution in [0, 0.1) is 0 Å². The van der Waals surface area contributed by atoms with Crippen molar-refractivity contribution in [2.24, 2.45) is 7.05 Å². The first-order chi connectivity index (χ1) is 10.9. The highest BCUT2D eigenvalue weighted by molar-refractivity contribution is 5.24. The number of imidazole rings is 1. The molecule has 0 amide bonds. The summed E-state index contributed by atoms with van der Waals surface area (Å²) < 4.78 is 39.9. The van der Waals surface area contributed by atoms with Gasteiger partial charge in [-0.2, -0.15) is 13.2 Å². The molecule has 1 aliphatic heterocycles. The number of hydrogen-bond acceptors (Lipinski definition) is 3. The normalized spacial score (nSPS) is 19.9. The van der Waals surface area contributed by atoms with Gasteiger partial charge in [0.2, 0.25) is 0 Å². The SMILES string of the molecule is Cn1ccnc1C1CNCCN1Cc1ccc(C(F)(F)F)cc1. The lowest BCUT2D eigenvalue weighted by Crippen LogP contribution is -2.46. The Hall–Kier alpha value is -1.86. The average Bonchev–Trinajstić information content (AvgIpc) is 2.93. The molecule has 124 valence electrons. The zero-order valence-corrected chi connectivity index (χ0v) is 12.8. The second-order valence-electron chi connectivity index (χ2n) is 5.78. The van der Waals surface area contributed by atoms with Gasteiger partial charge in [-0.05, 0) is 17.7 Å². The molecular formula is C16H19F3N4. The van der Waals surface area contributed by atoms with E-state index in [0.717, 1.165) is 43.2 Å². The van der Waals surface area contributed by atoms with Crippen LogP contribution in [-0.4, -0.2) is 34.1 Å². The average molecular weight is 324 g/mol. The van der Waals surface area contributed by atoms with Gasteiger partial charge in [-0.3, -0.25) is 4.90 Å². The molecule has 0 spiro atoms. The highest BCUT2D eigenvalue weighted by Crippen LogP contribution is 2.30. The van der Waals surface area contributed by atoms with Gasteiger partial charge in [-0.25, -0.2) is 4.98 Å². The molecule has 0 bridgehead atoms. The summed E-state index contributed by atoms with van der Waals surface area (Å²) in [4.78, 5) is 6.66. The van der Waals surface area contributed by atoms with Crippen LogP contribution in [-0.2, 0) is 19.8 Å². The molecule has 0 aliphatic carbocycles. The summed E-state index contributed by atoms with van der Waals surface area (Å²) in [6.45, 7) is 3.09. The van der Waals surface area contributed by atoms with Crippen molar-refractivity contribution < 1.29 is 13.2 Å². The van der Waals surface area contributed by atoms with Crippen molar-refractivity contribution in [3.8, 4) is 0 Å². The molecule has 23 heavy (non-hydrogen) atoms. The molecule has 2 heterocycles. The Morgan fingerprint density at radius 2 is 2.00 bits per heavy atom. The summed E-state index contributed by atoms with van der Waals surface area (Å²) in [6.07, 6.45) is -0.621. The third-order valence-corrected chi connectivity index (χ3v) is 4.18. The fraction of sp³-hybridized carbons (Fsp3) is 0.438. The Balaban J connectivity index is 1.76. The van der Waals surface area contributed by atoms with E-state index in [-0.39, 0.29) is 6.04 Å². The van der Waals surface area contributed by atoms with Crippen LogP contribution in [0.1, 0.15) is 23.0 Å². The second kappa shape index (κ2) is 6.33. The molecular weight excluding hydrogens is 305 g/mol. The number of hydrogen-bond donors (Lipinski definition) is 1. The maximum absolute atomic E-state index is 12.6. The van der Waals surface area contributed by atoms with E-state index >= 15 is 0 Å². The smallest absolute Gasteiger partial charge is 0.337 e. The largest absolute Gasteiger partial charge is 0.416 e. The van der Waals surface area contributed by atoms with Gasteiger partial charge < -0.3 is 9.88 Å². The molecule has 7 heteroatoms. The molecule has 1 fully saturated rings. The Labute approximate surface area is 132 Å². The molecule has 1 atom stereocenters. The van der Waals surface area contributed by atoms with Gasteiger partial charge in [0.15, 0.2) is 0 Å². The third kappa shape index (κ3) is 3.56. The number of rotatable bonds is 3. The Morgan fingerprint density at radius 3 is 2.61 bits per heavy atom. The predicted octanol–water partition coefficient (Wildman–Crippen LogP) is 2.59. The van der Waals surface area contributed by atoms with E-state index < -0.39 is 11.7 Å². The summed E-state index contributed by atoms with van der Waals surface area (Å²) in [5.74, 6) is 0.962. The minimum absolute atomic E-state index is 0.117. The molecule has 0 saturated carbocycles. The minimum atomic E-state index is -4.29. The molecule has 1 aromatic heterocycles. The summed E-state index contributed by atoms with van der Waals surface area (Å²) in [7, 11) is 1.95. The third-order valence-electron chi connectivity index (χ3n) is 4.18. The topological polar surface area (TPSA) is 33.1 Å². The number of nitrogens with one attached hydrogen (secondary N) is 1. The number of piperazine rings is 1. The molecule has 2 aromatic rings. The van der Waals surface area contributed by atoms with Gasteiger partial charge in [0.05, 0.1) is 11.6 Å². The van der Waals surface area contributed by atoms with E-state index in [1.165, 1.54) is 0 Å². The zero-order valence-electron chi connectivity index (χ0n) is 12.8. The minimum Gasteiger partial charge on any atom is -0.337 e. The zero-order chi connectivity index (χ0) is 16.4. The number of nitrogens with zero attached hydrogens (tertiary/aromatic N) is 3. The summed E-state index contributed by atoms with van der Waals surface area (Å²) in [5.41, 5.74) is 0.265. The number of aryl methyl sites for hydroxylation is 1. The van der Waals surface area contributed by atoms with Crippen molar-refractivity contribution in [3.63, 3.8) is 0 Å². The van der Waals surface area contributed by atoms with Crippen LogP contribution in [0.2, 0.25) is 0 Å². The molecule has 1 saturated heterocycles. The van der Waals surface area contributed by atoms with Crippen molar-refractivity contribution in [2.45, 2.75) is 18.8 Å². The van der Waals surface area contributed by atoms with Gasteiger partial charge in [0, 0.05) is 45.6 Å². The van der Waals surface area contributed by atoms with Gasteiger partial charge in [0.25, 0.3) is 0 Å². The van der Waals surface area contributed by atoms with Crippen LogP contribution in [0.25, 0.3) is 0 Å². The fourth-order valence-electron chi connectivity index (χ4n) is 2.92. The fourth-order valence-corrected chi connectivity index (χ4v) is 2.92. The quantitative estimate of drug-likeness (QED) is 0.942. The van der Waals surface area contributed by atoms with Crippen molar-refractivity contribution in [2.75, 3.05) is 19.6 Å². The number of halogens is 3. The second-order valence-corrected chi connectivity index (χ2v) is 5.78. The first kappa shape index (κ1) is 16.0. The molecule has 3 rings (SSSR count). The van der Waals surface area contributed by atoms with Crippen molar-refractivity contribution >= 4 is 0 Å². The summed E-state index contributed by atoms with van der Waals surface area (Å²) >= 11 is 0. The van der Waals surface area contributed by atoms with E-state index in [9.17, 15) is 13.2 Å². The van der Waals surface area contributed by atoms with Crippen molar-refractivity contribution in [3.05, 3.63) is 53.6 Å². The lowest BCUT2D eigenvalue weighted by molar-refractivity contribution is -0.137. The molecule has 1 unspecified atom stereocenters. The van der Waals surface area contributed by atoms with E-state index in [1.54, 1.807) is 18.3 Å². The summed E-state index contributed by atoms with van der Waals surface area (Å²) in [6, 6.07) is 5.52. The number of benzene rings is 1. The molecule has 1 aliphatic rings. The number of aromatic nitrogens is 2. The lowest BCUT2D eigenvalue weighted by Gasteiger charge is -2.35. The standard InChI is InChI=1S/C16H19F3N4/c1-22-8-7-21-15(22)14-10-20-6-9-23(14)11-12-2-4-13(5-3-12)16(17,18)19/h2-5,7-8,14,20H,6,9-11H2,1H3. The van der Waals surface area contributed by atoms with Gasteiger partial charge in [-0.15, -0.1) is 0 Å². The van der Waals surface area contributed by atoms with Crippen LogP contribution < -0.4 is 5.32 Å². The monoisotopic (exact) mass is 324 g/mol. The maximum atomic E-state index is 12.6.